The minimum atomic E-state index is -3.66. The third-order valence-corrected chi connectivity index (χ3v) is 7.74. The van der Waals surface area contributed by atoms with Crippen molar-refractivity contribution in [1.29, 1.82) is 0 Å². The molecule has 0 aliphatic carbocycles. The lowest BCUT2D eigenvalue weighted by molar-refractivity contribution is -0.115. The molecule has 4 aromatic rings. The summed E-state index contributed by atoms with van der Waals surface area (Å²) in [5, 5.41) is 2.52. The summed E-state index contributed by atoms with van der Waals surface area (Å²) in [6, 6.07) is 32.5. The van der Waals surface area contributed by atoms with E-state index in [0.717, 1.165) is 21.7 Å². The number of carbonyl (C=O) groups is 1. The number of thioether (sulfide) groups is 1. The lowest BCUT2D eigenvalue weighted by Crippen LogP contribution is -2.19. The van der Waals surface area contributed by atoms with Gasteiger partial charge in [-0.05, 0) is 61.0 Å². The zero-order valence-corrected chi connectivity index (χ0v) is 20.1. The Morgan fingerprint density at radius 3 is 1.91 bits per heavy atom. The van der Waals surface area contributed by atoms with Gasteiger partial charge in [-0.1, -0.05) is 66.2 Å². The Balaban J connectivity index is 1.51. The second-order valence-electron chi connectivity index (χ2n) is 7.71. The van der Waals surface area contributed by atoms with Crippen LogP contribution in [0.4, 0.5) is 11.4 Å². The molecular formula is C27H24N2O3S2. The van der Waals surface area contributed by atoms with Gasteiger partial charge in [-0.3, -0.25) is 9.52 Å². The molecule has 7 heteroatoms. The SMILES string of the molecule is Cc1ccc(NC(=O)C(Sc2ccc(NS(=O)(=O)c3ccccc3)cc2)c2ccccc2)cc1. The normalized spacial score (nSPS) is 12.0. The molecule has 0 radical (unpaired) electrons. The van der Waals surface area contributed by atoms with Crippen molar-refractivity contribution in [1.82, 2.24) is 0 Å². The first-order valence-electron chi connectivity index (χ1n) is 10.7. The first-order chi connectivity index (χ1) is 16.4. The molecule has 1 amide bonds. The van der Waals surface area contributed by atoms with Crippen LogP contribution in [0.5, 0.6) is 0 Å². The van der Waals surface area contributed by atoms with Crippen molar-refractivity contribution in [2.24, 2.45) is 0 Å². The van der Waals surface area contributed by atoms with E-state index in [1.54, 1.807) is 42.5 Å². The number of hydrogen-bond donors (Lipinski definition) is 2. The van der Waals surface area contributed by atoms with Crippen LogP contribution in [0.25, 0.3) is 0 Å². The van der Waals surface area contributed by atoms with Crippen LogP contribution in [0.3, 0.4) is 0 Å². The Bertz CT molecular complexity index is 1340. The number of aryl methyl sites for hydroxylation is 1. The van der Waals surface area contributed by atoms with E-state index in [1.165, 1.54) is 11.8 Å². The molecule has 34 heavy (non-hydrogen) atoms. The van der Waals surface area contributed by atoms with Gasteiger partial charge < -0.3 is 5.32 Å². The number of rotatable bonds is 8. The van der Waals surface area contributed by atoms with Crippen molar-refractivity contribution in [3.05, 3.63) is 120 Å². The fourth-order valence-corrected chi connectivity index (χ4v) is 5.40. The molecule has 0 saturated heterocycles. The Labute approximate surface area is 204 Å². The standard InChI is InChI=1S/C27H24N2O3S2/c1-20-12-14-22(15-13-20)28-27(30)26(21-8-4-2-5-9-21)33-24-18-16-23(17-19-24)29-34(31,32)25-10-6-3-7-11-25/h2-19,26,29H,1H3,(H,28,30). The molecule has 0 spiro atoms. The van der Waals surface area contributed by atoms with Gasteiger partial charge in [0.1, 0.15) is 5.25 Å². The van der Waals surface area contributed by atoms with Crippen molar-refractivity contribution in [2.45, 2.75) is 22.0 Å². The van der Waals surface area contributed by atoms with Crippen LogP contribution in [0.2, 0.25) is 0 Å². The van der Waals surface area contributed by atoms with E-state index in [1.807, 2.05) is 73.7 Å². The molecule has 4 aromatic carbocycles. The van der Waals surface area contributed by atoms with Crippen molar-refractivity contribution < 1.29 is 13.2 Å². The van der Waals surface area contributed by atoms with Gasteiger partial charge in [-0.15, -0.1) is 11.8 Å². The lowest BCUT2D eigenvalue weighted by atomic mass is 10.1. The van der Waals surface area contributed by atoms with Gasteiger partial charge in [-0.2, -0.15) is 0 Å². The third-order valence-electron chi connectivity index (χ3n) is 5.07. The predicted octanol–water partition coefficient (Wildman–Crippen LogP) is 6.27. The largest absolute Gasteiger partial charge is 0.325 e. The van der Waals surface area contributed by atoms with Gasteiger partial charge in [0.25, 0.3) is 10.0 Å². The summed E-state index contributed by atoms with van der Waals surface area (Å²) in [5.41, 5.74) is 3.19. The lowest BCUT2D eigenvalue weighted by Gasteiger charge is -2.17. The number of anilines is 2. The molecule has 172 valence electrons. The summed E-state index contributed by atoms with van der Waals surface area (Å²) in [4.78, 5) is 14.2. The molecule has 0 aliphatic heterocycles. The number of nitrogens with one attached hydrogen (secondary N) is 2. The quantitative estimate of drug-likeness (QED) is 0.287. The number of hydrogen-bond acceptors (Lipinski definition) is 4. The van der Waals surface area contributed by atoms with E-state index in [2.05, 4.69) is 10.0 Å². The number of amides is 1. The average molecular weight is 489 g/mol. The molecule has 5 nitrogen and oxygen atoms in total. The molecule has 0 saturated carbocycles. The van der Waals surface area contributed by atoms with E-state index in [0.29, 0.717) is 5.69 Å². The van der Waals surface area contributed by atoms with Crippen LogP contribution < -0.4 is 10.0 Å². The zero-order chi connectivity index (χ0) is 24.0. The first-order valence-corrected chi connectivity index (χ1v) is 13.0. The molecule has 2 N–H and O–H groups in total. The summed E-state index contributed by atoms with van der Waals surface area (Å²) in [6.07, 6.45) is 0. The summed E-state index contributed by atoms with van der Waals surface area (Å²) in [6.45, 7) is 2.00. The van der Waals surface area contributed by atoms with Gasteiger partial charge in [0, 0.05) is 16.3 Å². The highest BCUT2D eigenvalue weighted by atomic mass is 32.2. The Hall–Kier alpha value is -3.55. The molecule has 1 atom stereocenters. The van der Waals surface area contributed by atoms with E-state index in [4.69, 9.17) is 0 Å². The van der Waals surface area contributed by atoms with Crippen LogP contribution in [0.1, 0.15) is 16.4 Å². The Morgan fingerprint density at radius 1 is 0.735 bits per heavy atom. The molecule has 0 aromatic heterocycles. The van der Waals surface area contributed by atoms with E-state index in [9.17, 15) is 13.2 Å². The van der Waals surface area contributed by atoms with Crippen LogP contribution in [-0.2, 0) is 14.8 Å². The fraction of sp³-hybridized carbons (Fsp3) is 0.0741. The van der Waals surface area contributed by atoms with Crippen molar-refractivity contribution in [3.63, 3.8) is 0 Å². The molecule has 0 fully saturated rings. The van der Waals surface area contributed by atoms with Crippen LogP contribution in [-0.4, -0.2) is 14.3 Å². The second kappa shape index (κ2) is 10.6. The van der Waals surface area contributed by atoms with Gasteiger partial charge in [0.2, 0.25) is 5.91 Å². The number of carbonyl (C=O) groups excluding carboxylic acids is 1. The van der Waals surface area contributed by atoms with Crippen molar-refractivity contribution in [3.8, 4) is 0 Å². The van der Waals surface area contributed by atoms with E-state index >= 15 is 0 Å². The minimum absolute atomic E-state index is 0.131. The van der Waals surface area contributed by atoms with Gasteiger partial charge in [-0.25, -0.2) is 8.42 Å². The van der Waals surface area contributed by atoms with E-state index < -0.39 is 15.3 Å². The highest BCUT2D eigenvalue weighted by molar-refractivity contribution is 8.00. The maximum absolute atomic E-state index is 13.2. The van der Waals surface area contributed by atoms with Crippen molar-refractivity contribution >= 4 is 39.1 Å². The highest BCUT2D eigenvalue weighted by Crippen LogP contribution is 2.37. The summed E-state index contributed by atoms with van der Waals surface area (Å²) in [7, 11) is -3.66. The smallest absolute Gasteiger partial charge is 0.261 e. The highest BCUT2D eigenvalue weighted by Gasteiger charge is 2.22. The monoisotopic (exact) mass is 488 g/mol. The van der Waals surface area contributed by atoms with E-state index in [-0.39, 0.29) is 10.8 Å². The predicted molar refractivity (Wildman–Crippen MR) is 139 cm³/mol. The Morgan fingerprint density at radius 2 is 1.29 bits per heavy atom. The minimum Gasteiger partial charge on any atom is -0.325 e. The van der Waals surface area contributed by atoms with Gasteiger partial charge in [0.15, 0.2) is 0 Å². The Kier molecular flexibility index (Phi) is 7.35. The first kappa shape index (κ1) is 23.6. The fourth-order valence-electron chi connectivity index (χ4n) is 3.30. The maximum atomic E-state index is 13.2. The second-order valence-corrected chi connectivity index (χ2v) is 10.6. The van der Waals surface area contributed by atoms with Crippen molar-refractivity contribution in [2.75, 3.05) is 10.0 Å². The molecular weight excluding hydrogens is 464 g/mol. The topological polar surface area (TPSA) is 75.3 Å². The van der Waals surface area contributed by atoms with Gasteiger partial charge in [0.05, 0.1) is 4.90 Å². The van der Waals surface area contributed by atoms with Crippen LogP contribution >= 0.6 is 11.8 Å². The maximum Gasteiger partial charge on any atom is 0.261 e. The zero-order valence-electron chi connectivity index (χ0n) is 18.5. The molecule has 1 unspecified atom stereocenters. The molecule has 0 aliphatic rings. The third kappa shape index (κ3) is 6.07. The average Bonchev–Trinajstić information content (AvgIpc) is 2.86. The summed E-state index contributed by atoms with van der Waals surface area (Å²) >= 11 is 1.41. The molecule has 4 rings (SSSR count). The number of sulfonamides is 1. The summed E-state index contributed by atoms with van der Waals surface area (Å²) in [5.74, 6) is -0.131. The van der Waals surface area contributed by atoms with Gasteiger partial charge >= 0.3 is 0 Å². The molecule has 0 bridgehead atoms. The van der Waals surface area contributed by atoms with Crippen LogP contribution in [0.15, 0.2) is 119 Å². The van der Waals surface area contributed by atoms with Crippen LogP contribution in [0, 0.1) is 6.92 Å². The molecule has 0 heterocycles. The summed E-state index contributed by atoms with van der Waals surface area (Å²) < 4.78 is 27.7. The number of benzene rings is 4.